The Morgan fingerprint density at radius 3 is 3.10 bits per heavy atom. The van der Waals surface area contributed by atoms with Crippen molar-refractivity contribution in [1.29, 1.82) is 0 Å². The van der Waals surface area contributed by atoms with E-state index in [1.54, 1.807) is 7.11 Å². The molecule has 1 atom stereocenters. The zero-order valence-corrected chi connectivity index (χ0v) is 6.68. The van der Waals surface area contributed by atoms with Crippen LogP contribution in [0.3, 0.4) is 0 Å². The summed E-state index contributed by atoms with van der Waals surface area (Å²) in [5.41, 5.74) is 0. The van der Waals surface area contributed by atoms with Gasteiger partial charge >= 0.3 is 0 Å². The van der Waals surface area contributed by atoms with Crippen molar-refractivity contribution >= 4 is 0 Å². The average molecular weight is 142 g/mol. The molecule has 0 N–H and O–H groups in total. The van der Waals surface area contributed by atoms with Gasteiger partial charge in [-0.15, -0.1) is 0 Å². The van der Waals surface area contributed by atoms with Crippen molar-refractivity contribution in [3.05, 3.63) is 6.92 Å². The van der Waals surface area contributed by atoms with Crippen LogP contribution in [0.2, 0.25) is 0 Å². The molecule has 1 rings (SSSR count). The molecule has 0 saturated carbocycles. The third-order valence-corrected chi connectivity index (χ3v) is 2.15. The fraction of sp³-hybridized carbons (Fsp3) is 0.875. The fourth-order valence-electron chi connectivity index (χ4n) is 1.57. The minimum atomic E-state index is 0.641. The Morgan fingerprint density at radius 1 is 1.70 bits per heavy atom. The number of hydrogen-bond donors (Lipinski definition) is 0. The Kier molecular flexibility index (Phi) is 3.16. The van der Waals surface area contributed by atoms with Gasteiger partial charge in [-0.3, -0.25) is 4.90 Å². The van der Waals surface area contributed by atoms with E-state index in [0.717, 1.165) is 13.2 Å². The Balaban J connectivity index is 2.27. The van der Waals surface area contributed by atoms with Crippen molar-refractivity contribution in [2.24, 2.45) is 0 Å². The molecule has 1 radical (unpaired) electrons. The van der Waals surface area contributed by atoms with Gasteiger partial charge in [0.25, 0.3) is 0 Å². The highest BCUT2D eigenvalue weighted by atomic mass is 16.5. The van der Waals surface area contributed by atoms with Crippen molar-refractivity contribution in [1.82, 2.24) is 4.90 Å². The fourth-order valence-corrected chi connectivity index (χ4v) is 1.57. The van der Waals surface area contributed by atoms with Crippen LogP contribution in [0.4, 0.5) is 0 Å². The van der Waals surface area contributed by atoms with Crippen LogP contribution < -0.4 is 0 Å². The lowest BCUT2D eigenvalue weighted by Crippen LogP contribution is -2.32. The van der Waals surface area contributed by atoms with Crippen LogP contribution in [0.25, 0.3) is 0 Å². The monoisotopic (exact) mass is 142 g/mol. The van der Waals surface area contributed by atoms with Crippen LogP contribution in [0.1, 0.15) is 12.8 Å². The zero-order chi connectivity index (χ0) is 7.40. The van der Waals surface area contributed by atoms with Crippen molar-refractivity contribution in [2.75, 3.05) is 26.8 Å². The maximum Gasteiger partial charge on any atom is 0.0618 e. The Labute approximate surface area is 63.2 Å². The van der Waals surface area contributed by atoms with Crippen molar-refractivity contribution in [3.8, 4) is 0 Å². The molecule has 1 fully saturated rings. The number of nitrogens with zero attached hydrogens (tertiary/aromatic N) is 1. The average Bonchev–Trinajstić information content (AvgIpc) is 2.36. The molecule has 2 heteroatoms. The van der Waals surface area contributed by atoms with Gasteiger partial charge in [0.1, 0.15) is 0 Å². The van der Waals surface area contributed by atoms with Gasteiger partial charge in [-0.1, -0.05) is 0 Å². The molecule has 1 saturated heterocycles. The SMILES string of the molecule is [CH2]CN1CCCC1COC. The Morgan fingerprint density at radius 2 is 2.50 bits per heavy atom. The van der Waals surface area contributed by atoms with Crippen molar-refractivity contribution in [3.63, 3.8) is 0 Å². The highest BCUT2D eigenvalue weighted by Crippen LogP contribution is 2.15. The predicted octanol–water partition coefficient (Wildman–Crippen LogP) is 0.931. The summed E-state index contributed by atoms with van der Waals surface area (Å²) in [4.78, 5) is 2.38. The summed E-state index contributed by atoms with van der Waals surface area (Å²) < 4.78 is 5.09. The number of likely N-dealkylation sites (tertiary alicyclic amines) is 1. The van der Waals surface area contributed by atoms with Crippen LogP contribution in [-0.4, -0.2) is 37.7 Å². The topological polar surface area (TPSA) is 12.5 Å². The largest absolute Gasteiger partial charge is 0.383 e. The van der Waals surface area contributed by atoms with Gasteiger partial charge < -0.3 is 4.74 Å². The summed E-state index contributed by atoms with van der Waals surface area (Å²) >= 11 is 0. The summed E-state index contributed by atoms with van der Waals surface area (Å²) in [5, 5.41) is 0. The normalized spacial score (nSPS) is 27.6. The maximum atomic E-state index is 5.09. The van der Waals surface area contributed by atoms with E-state index in [-0.39, 0.29) is 0 Å². The molecule has 0 aromatic rings. The molecule has 1 aliphatic rings. The molecule has 10 heavy (non-hydrogen) atoms. The molecule has 0 spiro atoms. The van der Waals surface area contributed by atoms with E-state index in [2.05, 4.69) is 11.8 Å². The molecule has 1 unspecified atom stereocenters. The van der Waals surface area contributed by atoms with E-state index in [4.69, 9.17) is 4.74 Å². The van der Waals surface area contributed by atoms with Gasteiger partial charge in [0.05, 0.1) is 6.61 Å². The second-order valence-electron chi connectivity index (χ2n) is 2.79. The van der Waals surface area contributed by atoms with Crippen molar-refractivity contribution < 1.29 is 4.74 Å². The maximum absolute atomic E-state index is 5.09. The third-order valence-electron chi connectivity index (χ3n) is 2.15. The first-order valence-corrected chi connectivity index (χ1v) is 3.90. The quantitative estimate of drug-likeness (QED) is 0.581. The first-order chi connectivity index (χ1) is 4.88. The molecule has 0 bridgehead atoms. The van der Waals surface area contributed by atoms with Crippen LogP contribution >= 0.6 is 0 Å². The minimum absolute atomic E-state index is 0.641. The standard InChI is InChI=1S/C8H16NO/c1-3-9-6-4-5-8(9)7-10-2/h8H,1,3-7H2,2H3. The Hall–Kier alpha value is -0.0800. The first kappa shape index (κ1) is 8.02. The lowest BCUT2D eigenvalue weighted by molar-refractivity contribution is 0.122. The van der Waals surface area contributed by atoms with E-state index < -0.39 is 0 Å². The number of methoxy groups -OCH3 is 1. The first-order valence-electron chi connectivity index (χ1n) is 3.90. The molecule has 2 nitrogen and oxygen atoms in total. The highest BCUT2D eigenvalue weighted by molar-refractivity contribution is 4.78. The highest BCUT2D eigenvalue weighted by Gasteiger charge is 2.21. The second kappa shape index (κ2) is 3.94. The van der Waals surface area contributed by atoms with E-state index in [9.17, 15) is 0 Å². The van der Waals surface area contributed by atoms with E-state index in [1.807, 2.05) is 0 Å². The summed E-state index contributed by atoms with van der Waals surface area (Å²) in [5.74, 6) is 0. The summed E-state index contributed by atoms with van der Waals surface area (Å²) in [7, 11) is 1.76. The van der Waals surface area contributed by atoms with Crippen LogP contribution in [-0.2, 0) is 4.74 Å². The van der Waals surface area contributed by atoms with Crippen LogP contribution in [0, 0.1) is 6.92 Å². The molecule has 0 amide bonds. The van der Waals surface area contributed by atoms with Gasteiger partial charge in [-0.05, 0) is 32.9 Å². The number of rotatable bonds is 3. The van der Waals surface area contributed by atoms with Gasteiger partial charge in [-0.25, -0.2) is 0 Å². The molecule has 1 heterocycles. The van der Waals surface area contributed by atoms with Gasteiger partial charge in [0.2, 0.25) is 0 Å². The minimum Gasteiger partial charge on any atom is -0.383 e. The molecule has 1 aliphatic heterocycles. The molecule has 0 aliphatic carbocycles. The lowest BCUT2D eigenvalue weighted by Gasteiger charge is -2.21. The van der Waals surface area contributed by atoms with Crippen LogP contribution in [0.15, 0.2) is 0 Å². The van der Waals surface area contributed by atoms with Crippen molar-refractivity contribution in [2.45, 2.75) is 18.9 Å². The molecule has 59 valence electrons. The van der Waals surface area contributed by atoms with Gasteiger partial charge in [0, 0.05) is 13.2 Å². The summed E-state index contributed by atoms with van der Waals surface area (Å²) in [6.07, 6.45) is 2.59. The number of hydrogen-bond acceptors (Lipinski definition) is 2. The molecule has 0 aromatic heterocycles. The lowest BCUT2D eigenvalue weighted by atomic mass is 10.2. The Bertz CT molecular complexity index is 95.3. The second-order valence-corrected chi connectivity index (χ2v) is 2.79. The van der Waals surface area contributed by atoms with E-state index in [0.29, 0.717) is 6.04 Å². The predicted molar refractivity (Wildman–Crippen MR) is 41.8 cm³/mol. The summed E-state index contributed by atoms with van der Waals surface area (Å²) in [6, 6.07) is 0.641. The molecular weight excluding hydrogens is 126 g/mol. The van der Waals surface area contributed by atoms with Gasteiger partial charge in [0.15, 0.2) is 0 Å². The van der Waals surface area contributed by atoms with Crippen LogP contribution in [0.5, 0.6) is 0 Å². The van der Waals surface area contributed by atoms with E-state index in [1.165, 1.54) is 19.4 Å². The zero-order valence-electron chi connectivity index (χ0n) is 6.68. The number of ether oxygens (including phenoxy) is 1. The van der Waals surface area contributed by atoms with Gasteiger partial charge in [-0.2, -0.15) is 0 Å². The summed E-state index contributed by atoms with van der Waals surface area (Å²) in [6.45, 7) is 6.87. The third kappa shape index (κ3) is 1.70. The smallest absolute Gasteiger partial charge is 0.0618 e. The molecule has 0 aromatic carbocycles. The molecular formula is C8H16NO. The van der Waals surface area contributed by atoms with E-state index >= 15 is 0 Å².